The molecule has 5 heteroatoms. The third-order valence-electron chi connectivity index (χ3n) is 3.86. The van der Waals surface area contributed by atoms with E-state index in [1.165, 1.54) is 0 Å². The van der Waals surface area contributed by atoms with E-state index in [0.717, 1.165) is 41.9 Å². The average molecular weight is 317 g/mol. The van der Waals surface area contributed by atoms with Crippen LogP contribution in [0.3, 0.4) is 0 Å². The minimum absolute atomic E-state index is 0.715. The number of hydrogen-bond acceptors (Lipinski definition) is 3. The van der Waals surface area contributed by atoms with Crippen molar-refractivity contribution in [3.63, 3.8) is 0 Å². The molecule has 0 aliphatic rings. The Morgan fingerprint density at radius 3 is 2.68 bits per heavy atom. The summed E-state index contributed by atoms with van der Waals surface area (Å²) < 4.78 is 2.18. The van der Waals surface area contributed by atoms with Crippen LogP contribution in [-0.4, -0.2) is 48.5 Å². The quantitative estimate of drug-likeness (QED) is 0.719. The van der Waals surface area contributed by atoms with Gasteiger partial charge < -0.3 is 14.2 Å². The van der Waals surface area contributed by atoms with Gasteiger partial charge >= 0.3 is 0 Å². The molecule has 3 aromatic rings. The van der Waals surface area contributed by atoms with Gasteiger partial charge in [0.2, 0.25) is 0 Å². The Morgan fingerprint density at radius 1 is 1.09 bits per heavy atom. The van der Waals surface area contributed by atoms with E-state index in [9.17, 15) is 0 Å². The molecule has 1 aromatic carbocycles. The summed E-state index contributed by atoms with van der Waals surface area (Å²) in [4.78, 5) is 9.27. The molecule has 0 saturated heterocycles. The van der Waals surface area contributed by atoms with Gasteiger partial charge in [0, 0.05) is 24.8 Å². The normalized spacial score (nSPS) is 11.7. The van der Waals surface area contributed by atoms with E-state index in [2.05, 4.69) is 53.7 Å². The Labute approximate surface area is 135 Å². The second-order valence-corrected chi connectivity index (χ2v) is 6.35. The molecule has 4 nitrogen and oxygen atoms in total. The number of aromatic nitrogens is 2. The van der Waals surface area contributed by atoms with Gasteiger partial charge in [0.05, 0.1) is 16.6 Å². The number of benzene rings is 1. The fourth-order valence-electron chi connectivity index (χ4n) is 2.75. The molecule has 0 atom stereocenters. The summed E-state index contributed by atoms with van der Waals surface area (Å²) in [5, 5.41) is 0.715. The van der Waals surface area contributed by atoms with Gasteiger partial charge in [-0.25, -0.2) is 4.98 Å². The van der Waals surface area contributed by atoms with E-state index in [1.807, 2.05) is 18.2 Å². The van der Waals surface area contributed by atoms with Gasteiger partial charge in [0.25, 0.3) is 0 Å². The highest BCUT2D eigenvalue weighted by Gasteiger charge is 2.12. The van der Waals surface area contributed by atoms with Crippen LogP contribution in [0.5, 0.6) is 0 Å². The second-order valence-electron chi connectivity index (χ2n) is 5.91. The van der Waals surface area contributed by atoms with Crippen LogP contribution in [0.1, 0.15) is 6.42 Å². The third-order valence-corrected chi connectivity index (χ3v) is 4.10. The maximum absolute atomic E-state index is 6.13. The maximum Gasteiger partial charge on any atom is 0.153 e. The fourth-order valence-corrected chi connectivity index (χ4v) is 2.91. The van der Waals surface area contributed by atoms with Crippen molar-refractivity contribution < 1.29 is 0 Å². The highest BCUT2D eigenvalue weighted by Crippen LogP contribution is 2.26. The summed E-state index contributed by atoms with van der Waals surface area (Å²) in [5.74, 6) is 0.999. The molecule has 0 spiro atoms. The topological polar surface area (TPSA) is 23.8 Å². The lowest BCUT2D eigenvalue weighted by Crippen LogP contribution is -2.24. The highest BCUT2D eigenvalue weighted by molar-refractivity contribution is 6.31. The van der Waals surface area contributed by atoms with Crippen molar-refractivity contribution in [2.75, 3.05) is 39.1 Å². The number of rotatable bonds is 5. The van der Waals surface area contributed by atoms with Crippen LogP contribution in [-0.2, 0) is 0 Å². The fraction of sp³-hybridized carbons (Fsp3) is 0.353. The molecule has 0 saturated carbocycles. The lowest BCUT2D eigenvalue weighted by Gasteiger charge is -2.21. The van der Waals surface area contributed by atoms with Crippen molar-refractivity contribution in [1.29, 1.82) is 0 Å². The van der Waals surface area contributed by atoms with Gasteiger partial charge in [-0.15, -0.1) is 0 Å². The van der Waals surface area contributed by atoms with E-state index in [-0.39, 0.29) is 0 Å². The molecule has 0 bridgehead atoms. The van der Waals surface area contributed by atoms with E-state index < -0.39 is 0 Å². The highest BCUT2D eigenvalue weighted by atomic mass is 35.5. The zero-order valence-electron chi connectivity index (χ0n) is 13.3. The Morgan fingerprint density at radius 2 is 1.91 bits per heavy atom. The van der Waals surface area contributed by atoms with Crippen LogP contribution >= 0.6 is 11.6 Å². The molecule has 116 valence electrons. The third kappa shape index (κ3) is 2.89. The number of hydrogen-bond donors (Lipinski definition) is 0. The summed E-state index contributed by atoms with van der Waals surface area (Å²) in [6.07, 6.45) is 3.18. The Kier molecular flexibility index (Phi) is 4.23. The number of halogens is 1. The molecule has 2 aromatic heterocycles. The molecule has 0 radical (unpaired) electrons. The molecule has 0 unspecified atom stereocenters. The van der Waals surface area contributed by atoms with E-state index >= 15 is 0 Å². The summed E-state index contributed by atoms with van der Waals surface area (Å²) in [6.45, 7) is 2.04. The molecule has 0 fully saturated rings. The minimum Gasteiger partial charge on any atom is -0.358 e. The van der Waals surface area contributed by atoms with Crippen molar-refractivity contribution in [2.24, 2.45) is 0 Å². The van der Waals surface area contributed by atoms with E-state index in [4.69, 9.17) is 16.6 Å². The van der Waals surface area contributed by atoms with Crippen LogP contribution in [0.4, 0.5) is 5.82 Å². The van der Waals surface area contributed by atoms with Crippen molar-refractivity contribution in [3.8, 4) is 0 Å². The van der Waals surface area contributed by atoms with E-state index in [1.54, 1.807) is 0 Å². The average Bonchev–Trinajstić information content (AvgIpc) is 2.94. The largest absolute Gasteiger partial charge is 0.358 e. The van der Waals surface area contributed by atoms with Crippen LogP contribution in [0.2, 0.25) is 5.02 Å². The molecule has 3 rings (SSSR count). The molecule has 0 aliphatic carbocycles. The monoisotopic (exact) mass is 316 g/mol. The van der Waals surface area contributed by atoms with Crippen molar-refractivity contribution in [1.82, 2.24) is 14.3 Å². The lowest BCUT2D eigenvalue weighted by atomic mass is 10.3. The Hall–Kier alpha value is -1.78. The zero-order valence-corrected chi connectivity index (χ0v) is 14.0. The predicted octanol–water partition coefficient (Wildman–Crippen LogP) is 3.53. The molecule has 0 N–H and O–H groups in total. The van der Waals surface area contributed by atoms with Gasteiger partial charge in [-0.1, -0.05) is 11.6 Å². The molecule has 22 heavy (non-hydrogen) atoms. The van der Waals surface area contributed by atoms with Crippen LogP contribution in [0.15, 0.2) is 36.5 Å². The molecule has 0 aliphatic heterocycles. The van der Waals surface area contributed by atoms with Crippen molar-refractivity contribution >= 4 is 34.0 Å². The Balaban J connectivity index is 2.01. The molecule has 0 amide bonds. The van der Waals surface area contributed by atoms with Crippen LogP contribution < -0.4 is 4.90 Å². The molecular weight excluding hydrogens is 296 g/mol. The van der Waals surface area contributed by atoms with Crippen molar-refractivity contribution in [3.05, 3.63) is 41.6 Å². The second kappa shape index (κ2) is 6.15. The van der Waals surface area contributed by atoms with Gasteiger partial charge in [-0.3, -0.25) is 0 Å². The first-order valence-electron chi connectivity index (χ1n) is 7.48. The maximum atomic E-state index is 6.13. The first kappa shape index (κ1) is 15.1. The zero-order chi connectivity index (χ0) is 15.7. The standard InChI is InChI=1S/C17H21ClN4/c1-20(2)9-5-10-21(3)17-16-6-4-11-22(16)15-8-7-13(18)12-14(15)19-17/h4,6-8,11-12H,5,9-10H2,1-3H3. The number of nitrogens with zero attached hydrogens (tertiary/aromatic N) is 4. The summed E-state index contributed by atoms with van der Waals surface area (Å²) in [7, 11) is 6.30. The van der Waals surface area contributed by atoms with Crippen molar-refractivity contribution in [2.45, 2.75) is 6.42 Å². The minimum atomic E-state index is 0.715. The molecule has 2 heterocycles. The van der Waals surface area contributed by atoms with Gasteiger partial charge in [0.1, 0.15) is 0 Å². The first-order chi connectivity index (χ1) is 10.6. The Bertz CT molecular complexity index is 794. The summed E-state index contributed by atoms with van der Waals surface area (Å²) >= 11 is 6.13. The summed E-state index contributed by atoms with van der Waals surface area (Å²) in [5.41, 5.74) is 3.13. The van der Waals surface area contributed by atoms with Gasteiger partial charge in [-0.05, 0) is 57.4 Å². The summed E-state index contributed by atoms with van der Waals surface area (Å²) in [6, 6.07) is 10.0. The van der Waals surface area contributed by atoms with Crippen LogP contribution in [0, 0.1) is 0 Å². The SMILES string of the molecule is CN(C)CCCN(C)c1nc2cc(Cl)ccc2n2cccc12. The lowest BCUT2D eigenvalue weighted by molar-refractivity contribution is 0.401. The predicted molar refractivity (Wildman–Crippen MR) is 94.1 cm³/mol. The van der Waals surface area contributed by atoms with E-state index in [0.29, 0.717) is 5.02 Å². The van der Waals surface area contributed by atoms with Crippen LogP contribution in [0.25, 0.3) is 16.6 Å². The van der Waals surface area contributed by atoms with Gasteiger partial charge in [0.15, 0.2) is 5.82 Å². The molecular formula is C17H21ClN4. The number of fused-ring (bicyclic) bond motifs is 3. The number of anilines is 1. The van der Waals surface area contributed by atoms with Gasteiger partial charge in [-0.2, -0.15) is 0 Å². The first-order valence-corrected chi connectivity index (χ1v) is 7.86. The smallest absolute Gasteiger partial charge is 0.153 e.